The van der Waals surface area contributed by atoms with Crippen molar-refractivity contribution in [2.45, 2.75) is 33.1 Å². The van der Waals surface area contributed by atoms with E-state index in [0.717, 1.165) is 13.0 Å². The number of hydrogen-bond acceptors (Lipinski definition) is 1. The minimum Gasteiger partial charge on any atom is -0.383 e. The first kappa shape index (κ1) is 10.5. The van der Waals surface area contributed by atoms with Gasteiger partial charge in [-0.25, -0.2) is 0 Å². The van der Waals surface area contributed by atoms with Gasteiger partial charge < -0.3 is 4.74 Å². The predicted octanol–water partition coefficient (Wildman–Crippen LogP) is 2.46. The molecule has 0 unspecified atom stereocenters. The van der Waals surface area contributed by atoms with Crippen molar-refractivity contribution in [3.8, 4) is 11.8 Å². The first-order valence-corrected chi connectivity index (χ1v) is 4.41. The van der Waals surface area contributed by atoms with E-state index in [9.17, 15) is 0 Å². The average Bonchev–Trinajstić information content (AvgIpc) is 2.11. The molecule has 1 heteroatoms. The van der Waals surface area contributed by atoms with Crippen molar-refractivity contribution in [3.63, 3.8) is 0 Å². The Bertz CT molecular complexity index is 130. The zero-order valence-electron chi connectivity index (χ0n) is 7.81. The second kappa shape index (κ2) is 7.63. The Labute approximate surface area is 70.1 Å². The van der Waals surface area contributed by atoms with Crippen LogP contribution in [0.25, 0.3) is 0 Å². The van der Waals surface area contributed by atoms with E-state index in [0.29, 0.717) is 5.92 Å². The second-order valence-electron chi connectivity index (χ2n) is 2.37. The lowest BCUT2D eigenvalue weighted by Gasteiger charge is -2.10. The molecule has 11 heavy (non-hydrogen) atoms. The Morgan fingerprint density at radius 1 is 1.45 bits per heavy atom. The maximum absolute atomic E-state index is 4.98. The highest BCUT2D eigenvalue weighted by molar-refractivity contribution is 5.07. The van der Waals surface area contributed by atoms with Gasteiger partial charge in [-0.3, -0.25) is 0 Å². The lowest BCUT2D eigenvalue weighted by Crippen LogP contribution is -2.07. The van der Waals surface area contributed by atoms with Gasteiger partial charge in [0.1, 0.15) is 0 Å². The summed E-state index contributed by atoms with van der Waals surface area (Å²) in [5.41, 5.74) is 0. The van der Waals surface area contributed by atoms with Gasteiger partial charge in [-0.05, 0) is 12.8 Å². The van der Waals surface area contributed by atoms with Crippen molar-refractivity contribution in [1.82, 2.24) is 0 Å². The normalized spacial score (nSPS) is 20.8. The molecule has 1 rings (SSSR count). The molecule has 1 aliphatic rings. The Morgan fingerprint density at radius 2 is 2.18 bits per heavy atom. The molecule has 0 heterocycles. The van der Waals surface area contributed by atoms with E-state index < -0.39 is 0 Å². The summed E-state index contributed by atoms with van der Waals surface area (Å²) in [5, 5.41) is 0. The Morgan fingerprint density at radius 3 is 2.64 bits per heavy atom. The second-order valence-corrected chi connectivity index (χ2v) is 2.37. The lowest BCUT2D eigenvalue weighted by molar-refractivity contribution is 0.168. The van der Waals surface area contributed by atoms with Gasteiger partial charge in [-0.2, -0.15) is 0 Å². The van der Waals surface area contributed by atoms with Crippen LogP contribution in [0, 0.1) is 17.8 Å². The summed E-state index contributed by atoms with van der Waals surface area (Å²) in [4.78, 5) is 0. The molecule has 0 aromatic carbocycles. The summed E-state index contributed by atoms with van der Waals surface area (Å²) >= 11 is 0. The summed E-state index contributed by atoms with van der Waals surface area (Å²) < 4.78 is 4.98. The molecule has 0 aromatic heterocycles. The van der Waals surface area contributed by atoms with Gasteiger partial charge >= 0.3 is 0 Å². The monoisotopic (exact) mass is 154 g/mol. The first-order valence-electron chi connectivity index (χ1n) is 4.41. The van der Waals surface area contributed by atoms with Crippen LogP contribution in [0.4, 0.5) is 0 Å². The van der Waals surface area contributed by atoms with Gasteiger partial charge in [-0.1, -0.05) is 19.8 Å². The predicted molar refractivity (Wildman–Crippen MR) is 48.3 cm³/mol. The Kier molecular flexibility index (Phi) is 7.29. The largest absolute Gasteiger partial charge is 0.383 e. The smallest absolute Gasteiger partial charge is 0.0600 e. The molecule has 0 fully saturated rings. The van der Waals surface area contributed by atoms with E-state index in [1.165, 1.54) is 12.8 Å². The number of methoxy groups -OCH3 is 1. The molecule has 1 nitrogen and oxygen atoms in total. The first-order chi connectivity index (χ1) is 5.43. The molecule has 0 saturated heterocycles. The summed E-state index contributed by atoms with van der Waals surface area (Å²) in [6, 6.07) is 0. The van der Waals surface area contributed by atoms with E-state index >= 15 is 0 Å². The molecular weight excluding hydrogens is 136 g/mol. The summed E-state index contributed by atoms with van der Waals surface area (Å²) in [6.07, 6.45) is 3.56. The van der Waals surface area contributed by atoms with Crippen LogP contribution in [0.3, 0.4) is 0 Å². The van der Waals surface area contributed by atoms with Crippen molar-refractivity contribution < 1.29 is 4.74 Å². The van der Waals surface area contributed by atoms with Crippen molar-refractivity contribution in [2.24, 2.45) is 5.92 Å². The molecule has 0 spiro atoms. The minimum atomic E-state index is 0.517. The number of rotatable bonds is 2. The molecule has 0 bridgehead atoms. The van der Waals surface area contributed by atoms with E-state index in [-0.39, 0.29) is 0 Å². The lowest BCUT2D eigenvalue weighted by atomic mass is 9.99. The van der Waals surface area contributed by atoms with Crippen molar-refractivity contribution >= 4 is 0 Å². The maximum Gasteiger partial charge on any atom is 0.0600 e. The fraction of sp³-hybridized carbons (Fsp3) is 0.800. The van der Waals surface area contributed by atoms with Crippen LogP contribution in [0.1, 0.15) is 33.1 Å². The number of hydrogen-bond donors (Lipinski definition) is 0. The van der Waals surface area contributed by atoms with Gasteiger partial charge in [0.15, 0.2) is 0 Å². The quantitative estimate of drug-likeness (QED) is 0.555. The third-order valence-corrected chi connectivity index (χ3v) is 1.53. The van der Waals surface area contributed by atoms with Crippen LogP contribution < -0.4 is 0 Å². The molecule has 64 valence electrons. The maximum atomic E-state index is 4.98. The van der Waals surface area contributed by atoms with Crippen LogP contribution in [-0.2, 0) is 4.74 Å². The van der Waals surface area contributed by atoms with Crippen LogP contribution >= 0.6 is 0 Å². The highest BCUT2D eigenvalue weighted by atomic mass is 16.5. The standard InChI is InChI=1S/C8H12O.C2H6/c1-9-7-8-5-3-2-4-6-8;1-2/h8H,2-3,5,7H2,1H3;1-2H3/t8-;/m1./s1. The van der Waals surface area contributed by atoms with Crippen LogP contribution in [0.15, 0.2) is 0 Å². The summed E-state index contributed by atoms with van der Waals surface area (Å²) in [6.45, 7) is 4.81. The van der Waals surface area contributed by atoms with Crippen molar-refractivity contribution in [1.29, 1.82) is 0 Å². The molecule has 0 N–H and O–H groups in total. The molecule has 0 aliphatic heterocycles. The van der Waals surface area contributed by atoms with Crippen LogP contribution in [-0.4, -0.2) is 13.7 Å². The highest BCUT2D eigenvalue weighted by Gasteiger charge is 2.05. The van der Waals surface area contributed by atoms with Crippen LogP contribution in [0.5, 0.6) is 0 Å². The molecule has 1 aliphatic carbocycles. The fourth-order valence-electron chi connectivity index (χ4n) is 1.05. The van der Waals surface area contributed by atoms with Gasteiger partial charge in [0.05, 0.1) is 6.61 Å². The van der Waals surface area contributed by atoms with E-state index in [4.69, 9.17) is 4.74 Å². The molecule has 1 atom stereocenters. The summed E-state index contributed by atoms with van der Waals surface area (Å²) in [5.74, 6) is 6.75. The molecule has 0 saturated carbocycles. The van der Waals surface area contributed by atoms with Gasteiger partial charge in [-0.15, -0.1) is 5.92 Å². The SMILES string of the molecule is CC.COC[C@H]1C#CCCC1. The minimum absolute atomic E-state index is 0.517. The van der Waals surface area contributed by atoms with Gasteiger partial charge in [0, 0.05) is 19.4 Å². The molecule has 0 aromatic rings. The van der Waals surface area contributed by atoms with E-state index in [2.05, 4.69) is 11.8 Å². The van der Waals surface area contributed by atoms with Crippen molar-refractivity contribution in [3.05, 3.63) is 0 Å². The Balaban J connectivity index is 0.000000461. The third-order valence-electron chi connectivity index (χ3n) is 1.53. The van der Waals surface area contributed by atoms with E-state index in [1.54, 1.807) is 7.11 Å². The van der Waals surface area contributed by atoms with Crippen molar-refractivity contribution in [2.75, 3.05) is 13.7 Å². The fourth-order valence-corrected chi connectivity index (χ4v) is 1.05. The summed E-state index contributed by atoms with van der Waals surface area (Å²) in [7, 11) is 1.73. The van der Waals surface area contributed by atoms with Gasteiger partial charge in [0.2, 0.25) is 0 Å². The van der Waals surface area contributed by atoms with Gasteiger partial charge in [0.25, 0.3) is 0 Å². The molecule has 0 radical (unpaired) electrons. The average molecular weight is 154 g/mol. The third kappa shape index (κ3) is 4.86. The zero-order valence-corrected chi connectivity index (χ0v) is 7.81. The Hall–Kier alpha value is -0.480. The van der Waals surface area contributed by atoms with Crippen LogP contribution in [0.2, 0.25) is 0 Å². The van der Waals surface area contributed by atoms with E-state index in [1.807, 2.05) is 13.8 Å². The zero-order chi connectivity index (χ0) is 8.53. The molecule has 0 amide bonds. The topological polar surface area (TPSA) is 9.23 Å². The molecular formula is C10H18O. The highest BCUT2D eigenvalue weighted by Crippen LogP contribution is 2.11. The number of ether oxygens (including phenoxy) is 1.